The number of nitrogens with two attached hydrogens (primary N) is 1. The van der Waals surface area contributed by atoms with Crippen molar-refractivity contribution in [1.82, 2.24) is 10.0 Å². The molecule has 6 nitrogen and oxygen atoms in total. The molecule has 0 heterocycles. The number of hydrogen-bond donors (Lipinski definition) is 3. The summed E-state index contributed by atoms with van der Waals surface area (Å²) >= 11 is 5.84. The van der Waals surface area contributed by atoms with Gasteiger partial charge in [0.05, 0.1) is 17.0 Å². The molecule has 20 heavy (non-hydrogen) atoms. The predicted octanol–water partition coefficient (Wildman–Crippen LogP) is 0.980. The van der Waals surface area contributed by atoms with Crippen LogP contribution >= 0.6 is 11.6 Å². The number of benzene rings is 1. The number of nitrogen functional groups attached to an aromatic ring is 1. The van der Waals surface area contributed by atoms with Gasteiger partial charge in [0.2, 0.25) is 10.0 Å². The Morgan fingerprint density at radius 2 is 2.00 bits per heavy atom. The van der Waals surface area contributed by atoms with Gasteiger partial charge in [-0.25, -0.2) is 13.1 Å². The van der Waals surface area contributed by atoms with Gasteiger partial charge in [-0.2, -0.15) is 0 Å². The van der Waals surface area contributed by atoms with E-state index >= 15 is 0 Å². The molecule has 0 aromatic heterocycles. The average molecular weight is 320 g/mol. The fraction of sp³-hybridized carbons (Fsp3) is 0.417. The normalized spacial score (nSPS) is 12.2. The van der Waals surface area contributed by atoms with E-state index in [9.17, 15) is 13.2 Å². The van der Waals surface area contributed by atoms with Gasteiger partial charge >= 0.3 is 0 Å². The molecule has 0 fully saturated rings. The zero-order valence-corrected chi connectivity index (χ0v) is 13.1. The molecule has 0 aliphatic heterocycles. The van der Waals surface area contributed by atoms with Gasteiger partial charge in [-0.1, -0.05) is 11.6 Å². The van der Waals surface area contributed by atoms with Crippen LogP contribution in [-0.2, 0) is 10.0 Å². The van der Waals surface area contributed by atoms with E-state index in [0.717, 1.165) is 6.26 Å². The van der Waals surface area contributed by atoms with Gasteiger partial charge in [0.25, 0.3) is 5.91 Å². The maximum absolute atomic E-state index is 11.9. The lowest BCUT2D eigenvalue weighted by molar-refractivity contribution is 0.0944. The van der Waals surface area contributed by atoms with E-state index in [2.05, 4.69) is 10.0 Å². The van der Waals surface area contributed by atoms with Crippen molar-refractivity contribution in [2.24, 2.45) is 0 Å². The van der Waals surface area contributed by atoms with Gasteiger partial charge in [0, 0.05) is 17.6 Å². The van der Waals surface area contributed by atoms with Crippen LogP contribution in [0.5, 0.6) is 0 Å². The molecule has 0 atom stereocenters. The summed E-state index contributed by atoms with van der Waals surface area (Å²) in [5.41, 5.74) is 5.52. The van der Waals surface area contributed by atoms with E-state index in [0.29, 0.717) is 16.3 Å². The summed E-state index contributed by atoms with van der Waals surface area (Å²) in [7, 11) is -3.35. The van der Waals surface area contributed by atoms with Gasteiger partial charge in [0.1, 0.15) is 0 Å². The lowest BCUT2D eigenvalue weighted by atomic mass is 10.1. The summed E-state index contributed by atoms with van der Waals surface area (Å²) < 4.78 is 24.8. The third kappa shape index (κ3) is 5.36. The van der Waals surface area contributed by atoms with Gasteiger partial charge in [-0.15, -0.1) is 0 Å². The molecule has 8 heteroatoms. The van der Waals surface area contributed by atoms with Crippen molar-refractivity contribution in [3.63, 3.8) is 0 Å². The Morgan fingerprint density at radius 3 is 2.50 bits per heavy atom. The molecule has 1 rings (SSSR count). The number of rotatable bonds is 5. The van der Waals surface area contributed by atoms with E-state index in [1.165, 1.54) is 12.1 Å². The van der Waals surface area contributed by atoms with Crippen molar-refractivity contribution in [2.45, 2.75) is 19.4 Å². The van der Waals surface area contributed by atoms with Crippen molar-refractivity contribution in [1.29, 1.82) is 0 Å². The Labute approximate surface area is 123 Å². The molecule has 0 unspecified atom stereocenters. The van der Waals surface area contributed by atoms with E-state index in [1.807, 2.05) is 0 Å². The molecule has 0 spiro atoms. The summed E-state index contributed by atoms with van der Waals surface area (Å²) in [4.78, 5) is 11.9. The maximum Gasteiger partial charge on any atom is 0.251 e. The van der Waals surface area contributed by atoms with Crippen LogP contribution in [0.1, 0.15) is 24.2 Å². The number of sulfonamides is 1. The average Bonchev–Trinajstić information content (AvgIpc) is 2.26. The van der Waals surface area contributed by atoms with Crippen molar-refractivity contribution < 1.29 is 13.2 Å². The highest BCUT2D eigenvalue weighted by Crippen LogP contribution is 2.19. The van der Waals surface area contributed by atoms with Gasteiger partial charge in [0.15, 0.2) is 0 Å². The molecule has 0 aliphatic carbocycles. The molecular formula is C12H18ClN3O3S. The van der Waals surface area contributed by atoms with Crippen LogP contribution in [0.4, 0.5) is 5.69 Å². The monoisotopic (exact) mass is 319 g/mol. The Balaban J connectivity index is 2.69. The minimum atomic E-state index is -3.35. The Hall–Kier alpha value is -1.31. The van der Waals surface area contributed by atoms with Crippen molar-refractivity contribution in [3.8, 4) is 0 Å². The molecular weight excluding hydrogens is 302 g/mol. The quantitative estimate of drug-likeness (QED) is 0.704. The highest BCUT2D eigenvalue weighted by atomic mass is 35.5. The van der Waals surface area contributed by atoms with Crippen LogP contribution in [0.25, 0.3) is 0 Å². The van der Waals surface area contributed by atoms with Crippen LogP contribution < -0.4 is 15.8 Å². The van der Waals surface area contributed by atoms with Crippen LogP contribution in [0.2, 0.25) is 5.02 Å². The highest BCUT2D eigenvalue weighted by molar-refractivity contribution is 7.88. The Bertz CT molecular complexity index is 614. The topological polar surface area (TPSA) is 101 Å². The molecule has 0 bridgehead atoms. The first-order valence-corrected chi connectivity index (χ1v) is 8.09. The second-order valence-electron chi connectivity index (χ2n) is 5.18. The second-order valence-corrected chi connectivity index (χ2v) is 7.33. The van der Waals surface area contributed by atoms with Crippen molar-refractivity contribution in [2.75, 3.05) is 18.5 Å². The van der Waals surface area contributed by atoms with E-state index < -0.39 is 15.6 Å². The van der Waals surface area contributed by atoms with Gasteiger partial charge in [-0.3, -0.25) is 4.79 Å². The Kier molecular flexibility index (Phi) is 5.01. The fourth-order valence-corrected chi connectivity index (χ4v) is 2.87. The largest absolute Gasteiger partial charge is 0.398 e. The number of carbonyl (C=O) groups is 1. The van der Waals surface area contributed by atoms with Gasteiger partial charge < -0.3 is 11.1 Å². The summed E-state index contributed by atoms with van der Waals surface area (Å²) in [6.07, 6.45) is 1.07. The number of carbonyl (C=O) groups excluding carboxylic acids is 1. The Morgan fingerprint density at radius 1 is 1.40 bits per heavy atom. The standard InChI is InChI=1S/C12H18ClN3O3S/c1-12(2,16-20(3,18)19)7-15-11(17)8-4-5-10(14)9(13)6-8/h4-6,16H,7,14H2,1-3H3,(H,15,17). The first-order valence-electron chi connectivity index (χ1n) is 5.82. The van der Waals surface area contributed by atoms with Crippen LogP contribution in [0.15, 0.2) is 18.2 Å². The van der Waals surface area contributed by atoms with Crippen LogP contribution in [0.3, 0.4) is 0 Å². The summed E-state index contributed by atoms with van der Waals surface area (Å²) in [5.74, 6) is -0.352. The molecule has 0 saturated carbocycles. The minimum absolute atomic E-state index is 0.140. The third-order valence-corrected chi connectivity index (χ3v) is 3.67. The maximum atomic E-state index is 11.9. The van der Waals surface area contributed by atoms with E-state index in [-0.39, 0.29) is 12.5 Å². The lowest BCUT2D eigenvalue weighted by Gasteiger charge is -2.25. The van der Waals surface area contributed by atoms with Crippen LogP contribution in [0, 0.1) is 0 Å². The molecule has 0 saturated heterocycles. The summed E-state index contributed by atoms with van der Waals surface area (Å²) in [6.45, 7) is 3.48. The smallest absolute Gasteiger partial charge is 0.251 e. The summed E-state index contributed by atoms with van der Waals surface area (Å²) in [5, 5.41) is 2.94. The third-order valence-electron chi connectivity index (χ3n) is 2.42. The van der Waals surface area contributed by atoms with Crippen molar-refractivity contribution >= 4 is 33.2 Å². The molecule has 112 valence electrons. The predicted molar refractivity (Wildman–Crippen MR) is 80.3 cm³/mol. The number of halogens is 1. The molecule has 0 aliphatic rings. The van der Waals surface area contributed by atoms with Crippen LogP contribution in [-0.4, -0.2) is 32.7 Å². The van der Waals surface area contributed by atoms with Gasteiger partial charge in [-0.05, 0) is 32.0 Å². The molecule has 0 radical (unpaired) electrons. The minimum Gasteiger partial charge on any atom is -0.398 e. The number of hydrogen-bond acceptors (Lipinski definition) is 4. The second kappa shape index (κ2) is 5.99. The summed E-state index contributed by atoms with van der Waals surface area (Å²) in [6, 6.07) is 4.55. The zero-order chi connectivity index (χ0) is 15.6. The highest BCUT2D eigenvalue weighted by Gasteiger charge is 2.23. The van der Waals surface area contributed by atoms with Crippen molar-refractivity contribution in [3.05, 3.63) is 28.8 Å². The zero-order valence-electron chi connectivity index (χ0n) is 11.5. The lowest BCUT2D eigenvalue weighted by Crippen LogP contribution is -2.51. The first-order chi connectivity index (χ1) is 9.00. The number of anilines is 1. The fourth-order valence-electron chi connectivity index (χ4n) is 1.61. The molecule has 1 amide bonds. The SMILES string of the molecule is CC(C)(CNC(=O)c1ccc(N)c(Cl)c1)NS(C)(=O)=O. The molecule has 1 aromatic rings. The molecule has 4 N–H and O–H groups in total. The first kappa shape index (κ1) is 16.7. The number of amides is 1. The number of nitrogens with one attached hydrogen (secondary N) is 2. The van der Waals surface area contributed by atoms with E-state index in [4.69, 9.17) is 17.3 Å². The molecule has 1 aromatic carbocycles. The van der Waals surface area contributed by atoms with E-state index in [1.54, 1.807) is 19.9 Å².